The summed E-state index contributed by atoms with van der Waals surface area (Å²) >= 11 is 0. The standard InChI is InChI=1S/C11H18N2O/c1-2-3-4-11(14)13-7-9-5-12-6-10(9)8-13/h2-3,9-10,12H,4-8H2,1H3/b3-2+. The van der Waals surface area contributed by atoms with Crippen LogP contribution in [0.3, 0.4) is 0 Å². The Kier molecular flexibility index (Phi) is 2.87. The first-order chi connectivity index (χ1) is 6.81. The van der Waals surface area contributed by atoms with Gasteiger partial charge in [-0.25, -0.2) is 0 Å². The number of hydrogen-bond donors (Lipinski definition) is 1. The lowest BCUT2D eigenvalue weighted by Gasteiger charge is -2.16. The van der Waals surface area contributed by atoms with E-state index in [9.17, 15) is 4.79 Å². The van der Waals surface area contributed by atoms with Crippen LogP contribution in [0.5, 0.6) is 0 Å². The summed E-state index contributed by atoms with van der Waals surface area (Å²) in [6, 6.07) is 0. The van der Waals surface area contributed by atoms with E-state index in [1.54, 1.807) is 0 Å². The Morgan fingerprint density at radius 2 is 2.07 bits per heavy atom. The SMILES string of the molecule is C/C=C/CC(=O)N1CC2CNCC2C1. The molecular weight excluding hydrogens is 176 g/mol. The van der Waals surface area contributed by atoms with Crippen molar-refractivity contribution in [3.63, 3.8) is 0 Å². The second-order valence-electron chi connectivity index (χ2n) is 4.25. The minimum atomic E-state index is 0.289. The second kappa shape index (κ2) is 4.13. The summed E-state index contributed by atoms with van der Waals surface area (Å²) in [6.07, 6.45) is 4.45. The summed E-state index contributed by atoms with van der Waals surface area (Å²) in [5.74, 6) is 1.71. The lowest BCUT2D eigenvalue weighted by molar-refractivity contribution is -0.129. The molecule has 0 spiro atoms. The molecule has 78 valence electrons. The summed E-state index contributed by atoms with van der Waals surface area (Å²) in [6.45, 7) is 6.08. The van der Waals surface area contributed by atoms with E-state index in [1.165, 1.54) is 0 Å². The Balaban J connectivity index is 1.86. The molecule has 3 nitrogen and oxygen atoms in total. The first kappa shape index (κ1) is 9.71. The molecule has 1 amide bonds. The second-order valence-corrected chi connectivity index (χ2v) is 4.25. The molecule has 14 heavy (non-hydrogen) atoms. The molecule has 1 N–H and O–H groups in total. The van der Waals surface area contributed by atoms with Gasteiger partial charge in [0.15, 0.2) is 0 Å². The van der Waals surface area contributed by atoms with Crippen molar-refractivity contribution >= 4 is 5.91 Å². The molecule has 0 saturated carbocycles. The maximum atomic E-state index is 11.7. The van der Waals surface area contributed by atoms with Gasteiger partial charge in [-0.3, -0.25) is 4.79 Å². The zero-order valence-electron chi connectivity index (χ0n) is 8.70. The molecule has 2 aliphatic rings. The van der Waals surface area contributed by atoms with Gasteiger partial charge < -0.3 is 10.2 Å². The number of nitrogens with zero attached hydrogens (tertiary/aromatic N) is 1. The van der Waals surface area contributed by atoms with Gasteiger partial charge in [0.25, 0.3) is 0 Å². The minimum Gasteiger partial charge on any atom is -0.342 e. The number of carbonyl (C=O) groups is 1. The lowest BCUT2D eigenvalue weighted by Crippen LogP contribution is -2.31. The van der Waals surface area contributed by atoms with Crippen LogP contribution in [0, 0.1) is 11.8 Å². The molecule has 0 radical (unpaired) electrons. The summed E-state index contributed by atoms with van der Waals surface area (Å²) in [7, 11) is 0. The topological polar surface area (TPSA) is 32.3 Å². The molecule has 0 aromatic heterocycles. The summed E-state index contributed by atoms with van der Waals surface area (Å²) in [5, 5.41) is 3.37. The third-order valence-electron chi connectivity index (χ3n) is 3.27. The third kappa shape index (κ3) is 1.82. The zero-order valence-corrected chi connectivity index (χ0v) is 8.70. The Morgan fingerprint density at radius 3 is 2.64 bits per heavy atom. The minimum absolute atomic E-state index is 0.289. The van der Waals surface area contributed by atoms with Gasteiger partial charge in [0.1, 0.15) is 0 Å². The van der Waals surface area contributed by atoms with Gasteiger partial charge in [0.05, 0.1) is 0 Å². The lowest BCUT2D eigenvalue weighted by atomic mass is 10.0. The van der Waals surface area contributed by atoms with Gasteiger partial charge in [-0.1, -0.05) is 12.2 Å². The number of hydrogen-bond acceptors (Lipinski definition) is 2. The molecule has 2 saturated heterocycles. The maximum Gasteiger partial charge on any atom is 0.226 e. The number of allylic oxidation sites excluding steroid dienone is 1. The van der Waals surface area contributed by atoms with Crippen LogP contribution in [0.15, 0.2) is 12.2 Å². The van der Waals surface area contributed by atoms with Crippen molar-refractivity contribution in [2.45, 2.75) is 13.3 Å². The van der Waals surface area contributed by atoms with Crippen molar-refractivity contribution in [3.8, 4) is 0 Å². The highest BCUT2D eigenvalue weighted by atomic mass is 16.2. The van der Waals surface area contributed by atoms with E-state index in [2.05, 4.69) is 5.32 Å². The Hall–Kier alpha value is -0.830. The predicted molar refractivity (Wildman–Crippen MR) is 55.9 cm³/mol. The van der Waals surface area contributed by atoms with E-state index >= 15 is 0 Å². The van der Waals surface area contributed by atoms with Crippen LogP contribution in [-0.4, -0.2) is 37.0 Å². The first-order valence-corrected chi connectivity index (χ1v) is 5.41. The molecule has 2 rings (SSSR count). The fraction of sp³-hybridized carbons (Fsp3) is 0.727. The number of fused-ring (bicyclic) bond motifs is 1. The highest BCUT2D eigenvalue weighted by Crippen LogP contribution is 2.26. The molecule has 3 heteroatoms. The van der Waals surface area contributed by atoms with E-state index in [0.717, 1.165) is 26.2 Å². The van der Waals surface area contributed by atoms with Crippen LogP contribution in [0.1, 0.15) is 13.3 Å². The van der Waals surface area contributed by atoms with E-state index < -0.39 is 0 Å². The predicted octanol–water partition coefficient (Wildman–Crippen LogP) is 0.630. The molecule has 0 bridgehead atoms. The van der Waals surface area contributed by atoms with Gasteiger partial charge in [-0.15, -0.1) is 0 Å². The van der Waals surface area contributed by atoms with E-state index in [-0.39, 0.29) is 5.91 Å². The molecule has 2 aliphatic heterocycles. The molecule has 2 unspecified atom stereocenters. The van der Waals surface area contributed by atoms with Crippen LogP contribution < -0.4 is 5.32 Å². The van der Waals surface area contributed by atoms with Crippen molar-refractivity contribution in [1.29, 1.82) is 0 Å². The number of rotatable bonds is 2. The summed E-state index contributed by atoms with van der Waals surface area (Å²) < 4.78 is 0. The summed E-state index contributed by atoms with van der Waals surface area (Å²) in [4.78, 5) is 13.7. The van der Waals surface area contributed by atoms with Crippen molar-refractivity contribution in [3.05, 3.63) is 12.2 Å². The van der Waals surface area contributed by atoms with E-state index in [1.807, 2.05) is 24.0 Å². The average molecular weight is 194 g/mol. The first-order valence-electron chi connectivity index (χ1n) is 5.41. The number of likely N-dealkylation sites (tertiary alicyclic amines) is 1. The van der Waals surface area contributed by atoms with Crippen LogP contribution >= 0.6 is 0 Å². The highest BCUT2D eigenvalue weighted by Gasteiger charge is 2.37. The molecular formula is C11H18N2O. The van der Waals surface area contributed by atoms with Gasteiger partial charge in [0.2, 0.25) is 5.91 Å². The average Bonchev–Trinajstić information content (AvgIpc) is 2.72. The van der Waals surface area contributed by atoms with Crippen LogP contribution in [0.2, 0.25) is 0 Å². The van der Waals surface area contributed by atoms with Gasteiger partial charge in [0, 0.05) is 32.6 Å². The van der Waals surface area contributed by atoms with Crippen molar-refractivity contribution in [2.75, 3.05) is 26.2 Å². The Bertz CT molecular complexity index is 238. The highest BCUT2D eigenvalue weighted by molar-refractivity contribution is 5.78. The summed E-state index contributed by atoms with van der Waals surface area (Å²) in [5.41, 5.74) is 0. The van der Waals surface area contributed by atoms with Crippen LogP contribution in [-0.2, 0) is 4.79 Å². The normalized spacial score (nSPS) is 31.4. The third-order valence-corrected chi connectivity index (χ3v) is 3.27. The monoisotopic (exact) mass is 194 g/mol. The zero-order chi connectivity index (χ0) is 9.97. The smallest absolute Gasteiger partial charge is 0.226 e. The fourth-order valence-corrected chi connectivity index (χ4v) is 2.41. The van der Waals surface area contributed by atoms with Crippen molar-refractivity contribution in [1.82, 2.24) is 10.2 Å². The van der Waals surface area contributed by atoms with Crippen LogP contribution in [0.4, 0.5) is 0 Å². The molecule has 0 aliphatic carbocycles. The number of amides is 1. The van der Waals surface area contributed by atoms with Gasteiger partial charge in [-0.05, 0) is 18.8 Å². The van der Waals surface area contributed by atoms with E-state index in [4.69, 9.17) is 0 Å². The molecule has 2 fully saturated rings. The Labute approximate surface area is 85.2 Å². The quantitative estimate of drug-likeness (QED) is 0.654. The number of carbonyl (C=O) groups excluding carboxylic acids is 1. The van der Waals surface area contributed by atoms with Gasteiger partial charge >= 0.3 is 0 Å². The van der Waals surface area contributed by atoms with Crippen molar-refractivity contribution in [2.24, 2.45) is 11.8 Å². The number of nitrogens with one attached hydrogen (secondary N) is 1. The van der Waals surface area contributed by atoms with Gasteiger partial charge in [-0.2, -0.15) is 0 Å². The largest absolute Gasteiger partial charge is 0.342 e. The van der Waals surface area contributed by atoms with Crippen molar-refractivity contribution < 1.29 is 4.79 Å². The van der Waals surface area contributed by atoms with Crippen LogP contribution in [0.25, 0.3) is 0 Å². The Morgan fingerprint density at radius 1 is 1.43 bits per heavy atom. The molecule has 2 heterocycles. The molecule has 0 aromatic carbocycles. The fourth-order valence-electron chi connectivity index (χ4n) is 2.41. The molecule has 0 aromatic rings. The maximum absolute atomic E-state index is 11.7. The molecule has 2 atom stereocenters. The van der Waals surface area contributed by atoms with E-state index in [0.29, 0.717) is 18.3 Å².